The molecule has 3 heteroatoms. The van der Waals surface area contributed by atoms with Crippen LogP contribution in [0.3, 0.4) is 0 Å². The average molecular weight is 260 g/mol. The predicted molar refractivity (Wildman–Crippen MR) is 78.2 cm³/mol. The van der Waals surface area contributed by atoms with E-state index in [1.54, 1.807) is 11.3 Å². The van der Waals surface area contributed by atoms with Crippen molar-refractivity contribution in [1.82, 2.24) is 10.3 Å². The average Bonchev–Trinajstić information content (AvgIpc) is 2.70. The second kappa shape index (κ2) is 6.12. The Labute approximate surface area is 113 Å². The summed E-state index contributed by atoms with van der Waals surface area (Å²) >= 11 is 1.80. The summed E-state index contributed by atoms with van der Waals surface area (Å²) < 4.78 is 0. The summed E-state index contributed by atoms with van der Waals surface area (Å²) in [6, 6.07) is 11.0. The van der Waals surface area contributed by atoms with Gasteiger partial charge < -0.3 is 5.32 Å². The first-order valence-corrected chi connectivity index (χ1v) is 7.19. The largest absolute Gasteiger partial charge is 0.309 e. The summed E-state index contributed by atoms with van der Waals surface area (Å²) in [5.41, 5.74) is 2.55. The lowest BCUT2D eigenvalue weighted by Gasteiger charge is -2.12. The molecule has 0 saturated carbocycles. The highest BCUT2D eigenvalue weighted by Crippen LogP contribution is 2.24. The van der Waals surface area contributed by atoms with Gasteiger partial charge in [0.1, 0.15) is 0 Å². The fourth-order valence-corrected chi connectivity index (χ4v) is 3.07. The number of aromatic nitrogens is 1. The third-order valence-electron chi connectivity index (χ3n) is 3.04. The monoisotopic (exact) mass is 260 g/mol. The molecule has 2 rings (SSSR count). The molecule has 0 aliphatic rings. The zero-order valence-electron chi connectivity index (χ0n) is 11.2. The number of benzene rings is 1. The lowest BCUT2D eigenvalue weighted by Crippen LogP contribution is -2.21. The van der Waals surface area contributed by atoms with Gasteiger partial charge in [0, 0.05) is 10.9 Å². The van der Waals surface area contributed by atoms with Gasteiger partial charge in [-0.25, -0.2) is 4.98 Å². The molecule has 2 aromatic rings. The Bertz CT molecular complexity index is 490. The molecule has 0 aliphatic heterocycles. The van der Waals surface area contributed by atoms with Crippen LogP contribution in [0.1, 0.15) is 34.1 Å². The highest BCUT2D eigenvalue weighted by molar-refractivity contribution is 7.11. The lowest BCUT2D eigenvalue weighted by molar-refractivity contribution is 0.581. The van der Waals surface area contributed by atoms with Gasteiger partial charge in [0.2, 0.25) is 0 Å². The Morgan fingerprint density at radius 2 is 1.94 bits per heavy atom. The zero-order chi connectivity index (χ0) is 13.0. The van der Waals surface area contributed by atoms with Gasteiger partial charge in [0.25, 0.3) is 0 Å². The molecule has 2 nitrogen and oxygen atoms in total. The summed E-state index contributed by atoms with van der Waals surface area (Å²) in [4.78, 5) is 5.84. The third kappa shape index (κ3) is 3.40. The van der Waals surface area contributed by atoms with Gasteiger partial charge in [0.05, 0.1) is 10.7 Å². The molecule has 0 spiro atoms. The SMILES string of the molecule is Cc1nc(C)c(C(C)NCCc2ccccc2)s1. The molecule has 1 aromatic heterocycles. The first-order chi connectivity index (χ1) is 8.66. The Hall–Kier alpha value is -1.19. The highest BCUT2D eigenvalue weighted by Gasteiger charge is 2.11. The maximum absolute atomic E-state index is 4.48. The second-order valence-electron chi connectivity index (χ2n) is 4.59. The molecule has 0 amide bonds. The number of hydrogen-bond acceptors (Lipinski definition) is 3. The number of thiazole rings is 1. The number of rotatable bonds is 5. The quantitative estimate of drug-likeness (QED) is 0.887. The van der Waals surface area contributed by atoms with Crippen LogP contribution in [0.25, 0.3) is 0 Å². The smallest absolute Gasteiger partial charge is 0.0900 e. The van der Waals surface area contributed by atoms with Crippen LogP contribution in [0, 0.1) is 13.8 Å². The van der Waals surface area contributed by atoms with Crippen LogP contribution in [-0.4, -0.2) is 11.5 Å². The van der Waals surface area contributed by atoms with E-state index < -0.39 is 0 Å². The maximum Gasteiger partial charge on any atom is 0.0900 e. The molecular weight excluding hydrogens is 240 g/mol. The third-order valence-corrected chi connectivity index (χ3v) is 4.30. The van der Waals surface area contributed by atoms with Crippen molar-refractivity contribution in [2.75, 3.05) is 6.54 Å². The van der Waals surface area contributed by atoms with Gasteiger partial charge in [-0.3, -0.25) is 0 Å². The van der Waals surface area contributed by atoms with E-state index in [9.17, 15) is 0 Å². The molecule has 0 aliphatic carbocycles. The fraction of sp³-hybridized carbons (Fsp3) is 0.400. The molecule has 1 atom stereocenters. The van der Waals surface area contributed by atoms with Crippen molar-refractivity contribution < 1.29 is 0 Å². The Morgan fingerprint density at radius 3 is 2.56 bits per heavy atom. The van der Waals surface area contributed by atoms with Crippen molar-refractivity contribution in [3.8, 4) is 0 Å². The van der Waals surface area contributed by atoms with Gasteiger partial charge in [-0.2, -0.15) is 0 Å². The van der Waals surface area contributed by atoms with E-state index in [-0.39, 0.29) is 0 Å². The van der Waals surface area contributed by atoms with Gasteiger partial charge in [-0.05, 0) is 39.3 Å². The van der Waals surface area contributed by atoms with Crippen LogP contribution in [0.2, 0.25) is 0 Å². The molecule has 0 fully saturated rings. The van der Waals surface area contributed by atoms with Gasteiger partial charge >= 0.3 is 0 Å². The van der Waals surface area contributed by atoms with Crippen molar-refractivity contribution in [1.29, 1.82) is 0 Å². The van der Waals surface area contributed by atoms with E-state index in [1.165, 1.54) is 10.4 Å². The number of hydrogen-bond donors (Lipinski definition) is 1. The van der Waals surface area contributed by atoms with E-state index >= 15 is 0 Å². The minimum absolute atomic E-state index is 0.389. The topological polar surface area (TPSA) is 24.9 Å². The summed E-state index contributed by atoms with van der Waals surface area (Å²) in [5, 5.41) is 4.72. The van der Waals surface area contributed by atoms with E-state index in [2.05, 4.69) is 61.4 Å². The van der Waals surface area contributed by atoms with E-state index in [4.69, 9.17) is 0 Å². The summed E-state index contributed by atoms with van der Waals surface area (Å²) in [6.07, 6.45) is 1.07. The molecular formula is C15H20N2S. The van der Waals surface area contributed by atoms with Gasteiger partial charge in [0.15, 0.2) is 0 Å². The van der Waals surface area contributed by atoms with Crippen LogP contribution in [-0.2, 0) is 6.42 Å². The van der Waals surface area contributed by atoms with Crippen LogP contribution >= 0.6 is 11.3 Å². The molecule has 1 aromatic carbocycles. The summed E-state index contributed by atoms with van der Waals surface area (Å²) in [7, 11) is 0. The normalized spacial score (nSPS) is 12.6. The van der Waals surface area contributed by atoms with Gasteiger partial charge in [-0.15, -0.1) is 11.3 Å². The van der Waals surface area contributed by atoms with Crippen molar-refractivity contribution in [3.05, 3.63) is 51.5 Å². The molecule has 96 valence electrons. The zero-order valence-corrected chi connectivity index (χ0v) is 12.1. The Morgan fingerprint density at radius 1 is 1.22 bits per heavy atom. The fourth-order valence-electron chi connectivity index (χ4n) is 2.12. The molecule has 1 heterocycles. The standard InChI is InChI=1S/C15H20N2S/c1-11(15-12(2)17-13(3)18-15)16-10-9-14-7-5-4-6-8-14/h4-8,11,16H,9-10H2,1-3H3. The molecule has 0 radical (unpaired) electrons. The van der Waals surface area contributed by atoms with Crippen LogP contribution in [0.4, 0.5) is 0 Å². The van der Waals surface area contributed by atoms with Crippen molar-refractivity contribution in [3.63, 3.8) is 0 Å². The molecule has 18 heavy (non-hydrogen) atoms. The number of nitrogens with one attached hydrogen (secondary N) is 1. The van der Waals surface area contributed by atoms with Crippen LogP contribution in [0.5, 0.6) is 0 Å². The Kier molecular flexibility index (Phi) is 4.50. The van der Waals surface area contributed by atoms with E-state index in [1.807, 2.05) is 0 Å². The van der Waals surface area contributed by atoms with Crippen LogP contribution in [0.15, 0.2) is 30.3 Å². The minimum Gasteiger partial charge on any atom is -0.309 e. The van der Waals surface area contributed by atoms with Gasteiger partial charge in [-0.1, -0.05) is 30.3 Å². The number of nitrogens with zero attached hydrogens (tertiary/aromatic N) is 1. The predicted octanol–water partition coefficient (Wildman–Crippen LogP) is 3.65. The first-order valence-electron chi connectivity index (χ1n) is 6.38. The van der Waals surface area contributed by atoms with Crippen molar-refractivity contribution in [2.24, 2.45) is 0 Å². The molecule has 1 unspecified atom stereocenters. The van der Waals surface area contributed by atoms with Crippen molar-refractivity contribution in [2.45, 2.75) is 33.2 Å². The minimum atomic E-state index is 0.389. The molecule has 0 bridgehead atoms. The number of aryl methyl sites for hydroxylation is 2. The highest BCUT2D eigenvalue weighted by atomic mass is 32.1. The van der Waals surface area contributed by atoms with Crippen LogP contribution < -0.4 is 5.32 Å². The summed E-state index contributed by atoms with van der Waals surface area (Å²) in [6.45, 7) is 7.37. The second-order valence-corrected chi connectivity index (χ2v) is 5.83. The van der Waals surface area contributed by atoms with E-state index in [0.717, 1.165) is 23.7 Å². The Balaban J connectivity index is 1.85. The van der Waals surface area contributed by atoms with Crippen molar-refractivity contribution >= 4 is 11.3 Å². The molecule has 1 N–H and O–H groups in total. The van der Waals surface area contributed by atoms with E-state index in [0.29, 0.717) is 6.04 Å². The first kappa shape index (κ1) is 13.2. The molecule has 0 saturated heterocycles. The lowest BCUT2D eigenvalue weighted by atomic mass is 10.1. The summed E-state index contributed by atoms with van der Waals surface area (Å²) in [5.74, 6) is 0. The maximum atomic E-state index is 4.48.